The van der Waals surface area contributed by atoms with Crippen molar-refractivity contribution in [3.8, 4) is 0 Å². The second-order valence-corrected chi connectivity index (χ2v) is 7.44. The summed E-state index contributed by atoms with van der Waals surface area (Å²) < 4.78 is 15.6. The van der Waals surface area contributed by atoms with Crippen molar-refractivity contribution in [1.29, 1.82) is 0 Å². The van der Waals surface area contributed by atoms with Crippen LogP contribution in [0.1, 0.15) is 47.8 Å². The van der Waals surface area contributed by atoms with Gasteiger partial charge in [0.05, 0.1) is 23.6 Å². The van der Waals surface area contributed by atoms with Crippen molar-refractivity contribution in [3.63, 3.8) is 0 Å². The van der Waals surface area contributed by atoms with E-state index in [0.29, 0.717) is 29.4 Å². The third-order valence-corrected chi connectivity index (χ3v) is 4.94. The zero-order valence-corrected chi connectivity index (χ0v) is 17.2. The highest BCUT2D eigenvalue weighted by Crippen LogP contribution is 2.21. The quantitative estimate of drug-likeness (QED) is 0.567. The average molecular weight is 391 g/mol. The predicted octanol–water partition coefficient (Wildman–Crippen LogP) is 5.46. The first-order valence-corrected chi connectivity index (χ1v) is 9.71. The van der Waals surface area contributed by atoms with E-state index >= 15 is 0 Å². The highest BCUT2D eigenvalue weighted by atomic mass is 19.1. The zero-order valence-electron chi connectivity index (χ0n) is 17.2. The first-order valence-electron chi connectivity index (χ1n) is 9.71. The molecule has 0 aliphatic carbocycles. The summed E-state index contributed by atoms with van der Waals surface area (Å²) >= 11 is 0. The molecule has 3 aromatic rings. The molecule has 4 nitrogen and oxygen atoms in total. The monoisotopic (exact) mass is 391 g/mol. The Morgan fingerprint density at radius 2 is 1.83 bits per heavy atom. The van der Waals surface area contributed by atoms with Gasteiger partial charge in [0, 0.05) is 11.6 Å². The summed E-state index contributed by atoms with van der Waals surface area (Å²) in [6.07, 6.45) is 3.30. The molecule has 0 atom stereocenters. The third-order valence-electron chi connectivity index (χ3n) is 4.94. The lowest BCUT2D eigenvalue weighted by Gasteiger charge is -2.07. The molecule has 1 aromatic heterocycles. The van der Waals surface area contributed by atoms with Crippen molar-refractivity contribution in [2.75, 3.05) is 5.32 Å². The number of nitrogens with one attached hydrogen (secondary N) is 1. The molecule has 29 heavy (non-hydrogen) atoms. The minimum absolute atomic E-state index is 0.227. The topological polar surface area (TPSA) is 46.9 Å². The number of nitrogens with zero attached hydrogens (tertiary/aromatic N) is 2. The molecule has 0 spiro atoms. The molecule has 0 unspecified atom stereocenters. The molecule has 1 N–H and O–H groups in total. The van der Waals surface area contributed by atoms with Crippen molar-refractivity contribution in [2.45, 2.75) is 40.2 Å². The fourth-order valence-electron chi connectivity index (χ4n) is 3.15. The van der Waals surface area contributed by atoms with Gasteiger partial charge in [-0.25, -0.2) is 4.39 Å². The summed E-state index contributed by atoms with van der Waals surface area (Å²) in [4.78, 5) is 12.4. The van der Waals surface area contributed by atoms with Gasteiger partial charge < -0.3 is 5.32 Å². The van der Waals surface area contributed by atoms with Gasteiger partial charge in [0.2, 0.25) is 5.91 Å². The Labute approximate surface area is 171 Å². The summed E-state index contributed by atoms with van der Waals surface area (Å²) in [5.74, 6) is -0.0187. The lowest BCUT2D eigenvalue weighted by atomic mass is 10.0. The lowest BCUT2D eigenvalue weighted by molar-refractivity contribution is -0.111. The first-order chi connectivity index (χ1) is 13.8. The van der Waals surface area contributed by atoms with Gasteiger partial charge in [0.1, 0.15) is 5.82 Å². The lowest BCUT2D eigenvalue weighted by Crippen LogP contribution is -2.10. The normalized spacial score (nSPS) is 11.4. The molecule has 0 radical (unpaired) electrons. The number of anilines is 1. The van der Waals surface area contributed by atoms with Gasteiger partial charge in [-0.1, -0.05) is 56.3 Å². The van der Waals surface area contributed by atoms with E-state index in [2.05, 4.69) is 36.4 Å². The van der Waals surface area contributed by atoms with Gasteiger partial charge in [-0.2, -0.15) is 5.10 Å². The number of rotatable bonds is 6. The van der Waals surface area contributed by atoms with Gasteiger partial charge in [-0.05, 0) is 43.0 Å². The van der Waals surface area contributed by atoms with Crippen LogP contribution in [0.3, 0.4) is 0 Å². The summed E-state index contributed by atoms with van der Waals surface area (Å²) in [7, 11) is 0. The highest BCUT2D eigenvalue weighted by Gasteiger charge is 2.14. The van der Waals surface area contributed by atoms with Crippen LogP contribution in [0.2, 0.25) is 0 Å². The summed E-state index contributed by atoms with van der Waals surface area (Å²) in [5, 5.41) is 7.35. The Morgan fingerprint density at radius 3 is 2.48 bits per heavy atom. The molecule has 0 bridgehead atoms. The molecule has 5 heteroatoms. The summed E-state index contributed by atoms with van der Waals surface area (Å²) in [6.45, 7) is 8.30. The van der Waals surface area contributed by atoms with Crippen molar-refractivity contribution >= 4 is 17.7 Å². The molecule has 1 heterocycles. The Bertz CT molecular complexity index is 1030. The number of carbonyl (C=O) groups is 1. The van der Waals surface area contributed by atoms with Crippen LogP contribution in [0.15, 0.2) is 54.6 Å². The molecule has 2 aromatic carbocycles. The number of hydrogen-bond acceptors (Lipinski definition) is 2. The number of aromatic nitrogens is 2. The van der Waals surface area contributed by atoms with Crippen LogP contribution in [-0.2, 0) is 11.3 Å². The Balaban J connectivity index is 1.70. The van der Waals surface area contributed by atoms with E-state index < -0.39 is 0 Å². The van der Waals surface area contributed by atoms with Crippen LogP contribution in [0.5, 0.6) is 0 Å². The number of benzene rings is 2. The van der Waals surface area contributed by atoms with Crippen LogP contribution >= 0.6 is 0 Å². The van der Waals surface area contributed by atoms with Gasteiger partial charge in [0.25, 0.3) is 0 Å². The maximum absolute atomic E-state index is 13.9. The highest BCUT2D eigenvalue weighted by molar-refractivity contribution is 6.02. The smallest absolute Gasteiger partial charge is 0.248 e. The zero-order chi connectivity index (χ0) is 21.0. The van der Waals surface area contributed by atoms with Crippen molar-refractivity contribution in [1.82, 2.24) is 9.78 Å². The summed E-state index contributed by atoms with van der Waals surface area (Å²) in [5.41, 5.74) is 4.93. The van der Waals surface area contributed by atoms with E-state index in [9.17, 15) is 9.18 Å². The van der Waals surface area contributed by atoms with Crippen molar-refractivity contribution in [3.05, 3.63) is 88.5 Å². The van der Waals surface area contributed by atoms with E-state index in [0.717, 1.165) is 11.3 Å². The van der Waals surface area contributed by atoms with Gasteiger partial charge in [-0.3, -0.25) is 9.48 Å². The van der Waals surface area contributed by atoms with Crippen LogP contribution < -0.4 is 5.32 Å². The first kappa shape index (κ1) is 20.5. The number of carbonyl (C=O) groups excluding carboxylic acids is 1. The molecule has 0 saturated carbocycles. The van der Waals surface area contributed by atoms with Gasteiger partial charge >= 0.3 is 0 Å². The van der Waals surface area contributed by atoms with Crippen molar-refractivity contribution < 1.29 is 9.18 Å². The van der Waals surface area contributed by atoms with E-state index in [4.69, 9.17) is 0 Å². The van der Waals surface area contributed by atoms with E-state index in [1.54, 1.807) is 29.0 Å². The fourth-order valence-corrected chi connectivity index (χ4v) is 3.15. The van der Waals surface area contributed by atoms with E-state index in [-0.39, 0.29) is 11.7 Å². The molecule has 150 valence electrons. The van der Waals surface area contributed by atoms with Gasteiger partial charge in [-0.15, -0.1) is 0 Å². The Hall–Kier alpha value is -3.21. The standard InChI is InChI=1S/C24H26FN3O/c1-16(2)20-12-9-19(10-13-20)11-14-23(29)26-24-17(3)27-28(18(24)4)15-21-7-5-6-8-22(21)25/h5-14,16H,15H2,1-4H3,(H,26,29)/b14-11+. The maximum atomic E-state index is 13.9. The SMILES string of the molecule is Cc1nn(Cc2ccccc2F)c(C)c1NC(=O)/C=C/c1ccc(C(C)C)cc1. The average Bonchev–Trinajstić information content (AvgIpc) is 2.96. The summed E-state index contributed by atoms with van der Waals surface area (Å²) in [6, 6.07) is 14.8. The largest absolute Gasteiger partial charge is 0.319 e. The minimum Gasteiger partial charge on any atom is -0.319 e. The molecular weight excluding hydrogens is 365 g/mol. The number of aryl methyl sites for hydroxylation is 1. The van der Waals surface area contributed by atoms with Crippen LogP contribution in [0.25, 0.3) is 6.08 Å². The Kier molecular flexibility index (Phi) is 6.27. The molecular formula is C24H26FN3O. The third kappa shape index (κ3) is 4.99. The van der Waals surface area contributed by atoms with Crippen molar-refractivity contribution in [2.24, 2.45) is 0 Å². The molecule has 3 rings (SSSR count). The fraction of sp³-hybridized carbons (Fsp3) is 0.250. The number of halogens is 1. The van der Waals surface area contributed by atoms with Gasteiger partial charge in [0.15, 0.2) is 0 Å². The van der Waals surface area contributed by atoms with Crippen LogP contribution in [-0.4, -0.2) is 15.7 Å². The molecule has 0 fully saturated rings. The van der Waals surface area contributed by atoms with E-state index in [1.807, 2.05) is 26.0 Å². The van der Waals surface area contributed by atoms with Crippen LogP contribution in [0.4, 0.5) is 10.1 Å². The Morgan fingerprint density at radius 1 is 1.14 bits per heavy atom. The predicted molar refractivity (Wildman–Crippen MR) is 115 cm³/mol. The minimum atomic E-state index is -0.267. The molecule has 0 aliphatic heterocycles. The maximum Gasteiger partial charge on any atom is 0.248 e. The molecule has 0 saturated heterocycles. The molecule has 0 aliphatic rings. The number of amides is 1. The second-order valence-electron chi connectivity index (χ2n) is 7.44. The molecule has 1 amide bonds. The number of hydrogen-bond donors (Lipinski definition) is 1. The second kappa shape index (κ2) is 8.86. The van der Waals surface area contributed by atoms with E-state index in [1.165, 1.54) is 17.7 Å². The van der Waals surface area contributed by atoms with Crippen LogP contribution in [0, 0.1) is 19.7 Å².